The molecule has 0 aromatic carbocycles. The van der Waals surface area contributed by atoms with Crippen LogP contribution in [0.15, 0.2) is 22.7 Å². The molecule has 0 aliphatic rings. The largest absolute Gasteiger partial charge is 0.383 e. The van der Waals surface area contributed by atoms with Crippen LogP contribution >= 0.6 is 23.1 Å². The maximum atomic E-state index is 5.74. The van der Waals surface area contributed by atoms with Gasteiger partial charge in [0, 0.05) is 10.9 Å². The predicted octanol–water partition coefficient (Wildman–Crippen LogP) is 3.02. The lowest BCUT2D eigenvalue weighted by molar-refractivity contribution is 0.963. The number of thioether (sulfide) groups is 1. The van der Waals surface area contributed by atoms with E-state index >= 15 is 0 Å². The van der Waals surface area contributed by atoms with Crippen molar-refractivity contribution in [3.63, 3.8) is 0 Å². The summed E-state index contributed by atoms with van der Waals surface area (Å²) in [5, 5.41) is 6.12. The van der Waals surface area contributed by atoms with Crippen molar-refractivity contribution in [1.29, 1.82) is 0 Å². The van der Waals surface area contributed by atoms with Crippen molar-refractivity contribution in [2.24, 2.45) is 0 Å². The molecule has 2 heterocycles. The zero-order valence-corrected chi connectivity index (χ0v) is 12.1. The first-order chi connectivity index (χ1) is 8.72. The Labute approximate surface area is 115 Å². The number of thiophene rings is 1. The number of hydrogen-bond donors (Lipinski definition) is 2. The molecule has 6 heteroatoms. The molecule has 0 bridgehead atoms. The molecule has 0 spiro atoms. The number of nitrogen functional groups attached to an aromatic ring is 1. The zero-order valence-electron chi connectivity index (χ0n) is 10.4. The second-order valence-electron chi connectivity index (χ2n) is 3.74. The smallest absolute Gasteiger partial charge is 0.191 e. The van der Waals surface area contributed by atoms with Gasteiger partial charge in [-0.25, -0.2) is 9.97 Å². The minimum atomic E-state index is 0.499. The van der Waals surface area contributed by atoms with Crippen LogP contribution in [0.1, 0.15) is 17.4 Å². The Balaban J connectivity index is 2.08. The van der Waals surface area contributed by atoms with E-state index in [4.69, 9.17) is 5.73 Å². The molecule has 18 heavy (non-hydrogen) atoms. The van der Waals surface area contributed by atoms with Crippen molar-refractivity contribution in [2.75, 3.05) is 17.3 Å². The topological polar surface area (TPSA) is 63.8 Å². The summed E-state index contributed by atoms with van der Waals surface area (Å²) in [7, 11) is 0. The number of rotatable bonds is 5. The number of nitrogens with two attached hydrogens (primary N) is 1. The van der Waals surface area contributed by atoms with E-state index in [-0.39, 0.29) is 0 Å². The summed E-state index contributed by atoms with van der Waals surface area (Å²) in [6.45, 7) is 2.95. The second kappa shape index (κ2) is 6.06. The molecule has 0 aliphatic heterocycles. The minimum Gasteiger partial charge on any atom is -0.383 e. The monoisotopic (exact) mass is 280 g/mol. The molecule has 0 aliphatic carbocycles. The Hall–Kier alpha value is -1.27. The highest BCUT2D eigenvalue weighted by Crippen LogP contribution is 2.20. The summed E-state index contributed by atoms with van der Waals surface area (Å²) in [4.78, 5) is 9.84. The quantitative estimate of drug-likeness (QED) is 0.651. The van der Waals surface area contributed by atoms with Gasteiger partial charge in [0.05, 0.1) is 6.54 Å². The van der Waals surface area contributed by atoms with Crippen LogP contribution in [0.5, 0.6) is 0 Å². The first kappa shape index (κ1) is 13.2. The van der Waals surface area contributed by atoms with Crippen molar-refractivity contribution in [1.82, 2.24) is 9.97 Å². The molecule has 0 fully saturated rings. The van der Waals surface area contributed by atoms with Gasteiger partial charge >= 0.3 is 0 Å². The summed E-state index contributed by atoms with van der Waals surface area (Å²) in [6.07, 6.45) is 3.00. The minimum absolute atomic E-state index is 0.499. The van der Waals surface area contributed by atoms with Crippen LogP contribution in [-0.4, -0.2) is 16.2 Å². The Morgan fingerprint density at radius 1 is 1.44 bits per heavy atom. The van der Waals surface area contributed by atoms with E-state index in [0.717, 1.165) is 18.8 Å². The van der Waals surface area contributed by atoms with Crippen molar-refractivity contribution in [3.8, 4) is 0 Å². The van der Waals surface area contributed by atoms with Crippen molar-refractivity contribution in [3.05, 3.63) is 28.0 Å². The number of nitrogens with zero attached hydrogens (tertiary/aromatic N) is 2. The summed E-state index contributed by atoms with van der Waals surface area (Å²) >= 11 is 3.25. The van der Waals surface area contributed by atoms with Gasteiger partial charge in [-0.2, -0.15) is 0 Å². The molecule has 3 N–H and O–H groups in total. The van der Waals surface area contributed by atoms with Crippen LogP contribution < -0.4 is 11.1 Å². The normalized spacial score (nSPS) is 10.6. The average Bonchev–Trinajstić information content (AvgIpc) is 2.83. The highest BCUT2D eigenvalue weighted by Gasteiger charge is 2.05. The lowest BCUT2D eigenvalue weighted by Crippen LogP contribution is -2.04. The second-order valence-corrected chi connectivity index (χ2v) is 5.51. The molecule has 96 valence electrons. The van der Waals surface area contributed by atoms with E-state index in [0.29, 0.717) is 11.0 Å². The molecule has 0 saturated heterocycles. The zero-order chi connectivity index (χ0) is 13.0. The van der Waals surface area contributed by atoms with Crippen molar-refractivity contribution < 1.29 is 0 Å². The third-order valence-electron chi connectivity index (χ3n) is 2.56. The molecule has 4 nitrogen and oxygen atoms in total. The molecule has 2 aromatic heterocycles. The molecule has 0 atom stereocenters. The maximum Gasteiger partial charge on any atom is 0.191 e. The summed E-state index contributed by atoms with van der Waals surface area (Å²) in [5.74, 6) is 1.28. The maximum absolute atomic E-state index is 5.74. The standard InChI is InChI=1S/C12H16N4S2/c1-3-8-4-5-18-9(8)7-14-11-6-10(13)15-12(16-11)17-2/h4-6H,3,7H2,1-2H3,(H3,13,14,15,16). The first-order valence-electron chi connectivity index (χ1n) is 5.70. The van der Waals surface area contributed by atoms with E-state index in [1.807, 2.05) is 6.26 Å². The average molecular weight is 280 g/mol. The molecular formula is C12H16N4S2. The lowest BCUT2D eigenvalue weighted by Gasteiger charge is -2.07. The van der Waals surface area contributed by atoms with Crippen LogP contribution in [0, 0.1) is 0 Å². The number of anilines is 2. The summed E-state index contributed by atoms with van der Waals surface area (Å²) in [5.41, 5.74) is 7.13. The van der Waals surface area contributed by atoms with Crippen LogP contribution in [0.4, 0.5) is 11.6 Å². The molecule has 0 radical (unpaired) electrons. The molecule has 2 aromatic rings. The fourth-order valence-corrected chi connectivity index (χ4v) is 2.94. The number of aryl methyl sites for hydroxylation is 1. The summed E-state index contributed by atoms with van der Waals surface area (Å²) < 4.78 is 0. The van der Waals surface area contributed by atoms with Crippen LogP contribution in [0.3, 0.4) is 0 Å². The number of nitrogens with one attached hydrogen (secondary N) is 1. The van der Waals surface area contributed by atoms with Gasteiger partial charge in [-0.3, -0.25) is 0 Å². The Morgan fingerprint density at radius 3 is 3.00 bits per heavy atom. The fourth-order valence-electron chi connectivity index (χ4n) is 1.63. The number of hydrogen-bond acceptors (Lipinski definition) is 6. The number of aromatic nitrogens is 2. The van der Waals surface area contributed by atoms with E-state index in [9.17, 15) is 0 Å². The highest BCUT2D eigenvalue weighted by molar-refractivity contribution is 7.98. The van der Waals surface area contributed by atoms with E-state index in [1.165, 1.54) is 22.2 Å². The third kappa shape index (κ3) is 3.14. The van der Waals surface area contributed by atoms with E-state index in [1.54, 1.807) is 17.4 Å². The SMILES string of the molecule is CCc1ccsc1CNc1cc(N)nc(SC)n1. The van der Waals surface area contributed by atoms with Gasteiger partial charge in [0.15, 0.2) is 5.16 Å². The van der Waals surface area contributed by atoms with Gasteiger partial charge in [-0.1, -0.05) is 18.7 Å². The highest BCUT2D eigenvalue weighted by atomic mass is 32.2. The van der Waals surface area contributed by atoms with Gasteiger partial charge in [-0.05, 0) is 29.7 Å². The molecule has 0 unspecified atom stereocenters. The molecule has 0 saturated carbocycles. The summed E-state index contributed by atoms with van der Waals surface area (Å²) in [6, 6.07) is 3.93. The van der Waals surface area contributed by atoms with Gasteiger partial charge in [0.2, 0.25) is 0 Å². The Morgan fingerprint density at radius 2 is 2.28 bits per heavy atom. The first-order valence-corrected chi connectivity index (χ1v) is 7.81. The van der Waals surface area contributed by atoms with Crippen LogP contribution in [0.2, 0.25) is 0 Å². The van der Waals surface area contributed by atoms with Crippen LogP contribution in [-0.2, 0) is 13.0 Å². The van der Waals surface area contributed by atoms with Gasteiger partial charge < -0.3 is 11.1 Å². The van der Waals surface area contributed by atoms with E-state index in [2.05, 4.69) is 33.7 Å². The van der Waals surface area contributed by atoms with E-state index < -0.39 is 0 Å². The fraction of sp³-hybridized carbons (Fsp3) is 0.333. The predicted molar refractivity (Wildman–Crippen MR) is 79.2 cm³/mol. The third-order valence-corrected chi connectivity index (χ3v) is 4.07. The van der Waals surface area contributed by atoms with Crippen molar-refractivity contribution in [2.45, 2.75) is 25.0 Å². The van der Waals surface area contributed by atoms with Gasteiger partial charge in [0.25, 0.3) is 0 Å². The lowest BCUT2D eigenvalue weighted by atomic mass is 10.2. The molecule has 2 rings (SSSR count). The van der Waals surface area contributed by atoms with Crippen molar-refractivity contribution >= 4 is 34.7 Å². The Bertz CT molecular complexity index is 525. The Kier molecular flexibility index (Phi) is 4.43. The van der Waals surface area contributed by atoms with Gasteiger partial charge in [-0.15, -0.1) is 11.3 Å². The molecular weight excluding hydrogens is 264 g/mol. The van der Waals surface area contributed by atoms with Crippen LogP contribution in [0.25, 0.3) is 0 Å². The molecule has 0 amide bonds. The van der Waals surface area contributed by atoms with Gasteiger partial charge in [0.1, 0.15) is 11.6 Å².